The van der Waals surface area contributed by atoms with E-state index in [9.17, 15) is 8.42 Å². The summed E-state index contributed by atoms with van der Waals surface area (Å²) in [4.78, 5) is 0. The van der Waals surface area contributed by atoms with Gasteiger partial charge in [-0.2, -0.15) is 0 Å². The van der Waals surface area contributed by atoms with Gasteiger partial charge >= 0.3 is 0 Å². The van der Waals surface area contributed by atoms with Gasteiger partial charge < -0.3 is 5.32 Å². The molecule has 0 aromatic rings. The maximum Gasteiger partial charge on any atom is 0.211 e. The number of rotatable bonds is 8. The van der Waals surface area contributed by atoms with Crippen molar-refractivity contribution in [1.82, 2.24) is 9.62 Å². The van der Waals surface area contributed by atoms with Crippen LogP contribution in [0.15, 0.2) is 0 Å². The second-order valence-electron chi connectivity index (χ2n) is 7.32. The smallest absolute Gasteiger partial charge is 0.211 e. The number of nitrogens with one attached hydrogen (secondary N) is 1. The predicted octanol–water partition coefficient (Wildman–Crippen LogP) is 2.71. The van der Waals surface area contributed by atoms with Gasteiger partial charge in [-0.15, -0.1) is 0 Å². The predicted molar refractivity (Wildman–Crippen MR) is 89.9 cm³/mol. The molecule has 2 unspecified atom stereocenters. The van der Waals surface area contributed by atoms with Crippen molar-refractivity contribution in [3.05, 3.63) is 0 Å². The van der Waals surface area contributed by atoms with E-state index in [1.54, 1.807) is 4.31 Å². The van der Waals surface area contributed by atoms with Crippen LogP contribution in [0.4, 0.5) is 0 Å². The van der Waals surface area contributed by atoms with Crippen molar-refractivity contribution in [1.29, 1.82) is 0 Å². The first kappa shape index (κ1) is 18.9. The van der Waals surface area contributed by atoms with Gasteiger partial charge in [-0.25, -0.2) is 12.7 Å². The molecule has 0 radical (unpaired) electrons. The molecule has 0 spiro atoms. The number of hydrogen-bond acceptors (Lipinski definition) is 3. The Labute approximate surface area is 131 Å². The van der Waals surface area contributed by atoms with Gasteiger partial charge in [-0.05, 0) is 49.5 Å². The zero-order valence-electron chi connectivity index (χ0n) is 14.5. The van der Waals surface area contributed by atoms with Crippen molar-refractivity contribution >= 4 is 10.0 Å². The monoisotopic (exact) mass is 318 g/mol. The van der Waals surface area contributed by atoms with Crippen LogP contribution in [0.5, 0.6) is 0 Å². The molecule has 1 aliphatic heterocycles. The lowest BCUT2D eigenvalue weighted by Gasteiger charge is -2.40. The second kappa shape index (κ2) is 7.93. The molecule has 5 heteroatoms. The van der Waals surface area contributed by atoms with Gasteiger partial charge in [0.05, 0.1) is 6.26 Å². The van der Waals surface area contributed by atoms with E-state index in [1.165, 1.54) is 6.26 Å². The summed E-state index contributed by atoms with van der Waals surface area (Å²) in [5, 5.41) is 3.56. The first-order chi connectivity index (χ1) is 9.69. The summed E-state index contributed by atoms with van der Waals surface area (Å²) in [7, 11) is -3.04. The zero-order chi connectivity index (χ0) is 16.1. The maximum atomic E-state index is 11.8. The molecule has 1 fully saturated rings. The van der Waals surface area contributed by atoms with Crippen LogP contribution in [0.3, 0.4) is 0 Å². The van der Waals surface area contributed by atoms with E-state index in [0.717, 1.165) is 38.8 Å². The highest BCUT2D eigenvalue weighted by molar-refractivity contribution is 7.88. The van der Waals surface area contributed by atoms with Crippen molar-refractivity contribution in [2.75, 3.05) is 32.4 Å². The Morgan fingerprint density at radius 2 is 2.05 bits per heavy atom. The molecule has 1 rings (SSSR count). The van der Waals surface area contributed by atoms with Gasteiger partial charge in [-0.3, -0.25) is 0 Å². The molecule has 21 heavy (non-hydrogen) atoms. The minimum Gasteiger partial charge on any atom is -0.316 e. The van der Waals surface area contributed by atoms with Gasteiger partial charge in [0.15, 0.2) is 0 Å². The minimum absolute atomic E-state index is 0.236. The van der Waals surface area contributed by atoms with Crippen molar-refractivity contribution in [2.24, 2.45) is 17.3 Å². The van der Waals surface area contributed by atoms with Gasteiger partial charge in [0.2, 0.25) is 10.0 Å². The Morgan fingerprint density at radius 1 is 1.38 bits per heavy atom. The van der Waals surface area contributed by atoms with Gasteiger partial charge in [-0.1, -0.05) is 27.7 Å². The van der Waals surface area contributed by atoms with Crippen LogP contribution in [0, 0.1) is 17.3 Å². The van der Waals surface area contributed by atoms with Crippen molar-refractivity contribution in [3.8, 4) is 0 Å². The van der Waals surface area contributed by atoms with Crippen molar-refractivity contribution < 1.29 is 8.42 Å². The van der Waals surface area contributed by atoms with Crippen LogP contribution in [-0.4, -0.2) is 45.2 Å². The quantitative estimate of drug-likeness (QED) is 0.700. The van der Waals surface area contributed by atoms with Crippen LogP contribution >= 0.6 is 0 Å². The third-order valence-electron chi connectivity index (χ3n) is 5.06. The molecule has 0 bridgehead atoms. The molecule has 1 N–H and O–H groups in total. The summed E-state index contributed by atoms with van der Waals surface area (Å²) in [5.74, 6) is 1.08. The van der Waals surface area contributed by atoms with Crippen LogP contribution in [0.2, 0.25) is 0 Å². The Hall–Kier alpha value is -0.130. The van der Waals surface area contributed by atoms with Gasteiger partial charge in [0.1, 0.15) is 0 Å². The fourth-order valence-corrected chi connectivity index (χ4v) is 4.16. The molecular weight excluding hydrogens is 284 g/mol. The van der Waals surface area contributed by atoms with Crippen LogP contribution in [-0.2, 0) is 10.0 Å². The molecule has 0 saturated carbocycles. The summed E-state index contributed by atoms with van der Waals surface area (Å²) in [6.45, 7) is 12.6. The standard InChI is InChI=1S/C16H34N2O2S/c1-6-9-17-13-16(4,14(2)3)11-15-8-7-10-18(12-15)21(5,19)20/h14-15,17H,6-13H2,1-5H3. The molecule has 0 aliphatic carbocycles. The van der Waals surface area contributed by atoms with E-state index in [4.69, 9.17) is 0 Å². The SMILES string of the molecule is CCCNCC(C)(CC1CCCN(S(C)(=O)=O)C1)C(C)C. The van der Waals surface area contributed by atoms with E-state index in [0.29, 0.717) is 24.9 Å². The number of piperidine rings is 1. The van der Waals surface area contributed by atoms with E-state index in [1.807, 2.05) is 0 Å². The van der Waals surface area contributed by atoms with Crippen LogP contribution in [0.1, 0.15) is 53.4 Å². The summed E-state index contributed by atoms with van der Waals surface area (Å²) < 4.78 is 25.2. The third-order valence-corrected chi connectivity index (χ3v) is 6.32. The maximum absolute atomic E-state index is 11.8. The first-order valence-electron chi connectivity index (χ1n) is 8.35. The second-order valence-corrected chi connectivity index (χ2v) is 9.30. The summed E-state index contributed by atoms with van der Waals surface area (Å²) in [5.41, 5.74) is 0.236. The summed E-state index contributed by atoms with van der Waals surface area (Å²) in [6, 6.07) is 0. The molecule has 2 atom stereocenters. The molecule has 4 nitrogen and oxygen atoms in total. The lowest BCUT2D eigenvalue weighted by Crippen LogP contribution is -2.43. The Kier molecular flexibility index (Phi) is 7.14. The highest BCUT2D eigenvalue weighted by Crippen LogP contribution is 2.37. The summed E-state index contributed by atoms with van der Waals surface area (Å²) >= 11 is 0. The highest BCUT2D eigenvalue weighted by atomic mass is 32.2. The average molecular weight is 319 g/mol. The van der Waals surface area contributed by atoms with E-state index >= 15 is 0 Å². The number of hydrogen-bond donors (Lipinski definition) is 1. The Morgan fingerprint density at radius 3 is 2.57 bits per heavy atom. The largest absolute Gasteiger partial charge is 0.316 e. The first-order valence-corrected chi connectivity index (χ1v) is 10.2. The number of nitrogens with zero attached hydrogens (tertiary/aromatic N) is 1. The molecular formula is C16H34N2O2S. The Bertz CT molecular complexity index is 409. The Balaban J connectivity index is 2.66. The van der Waals surface area contributed by atoms with Crippen LogP contribution in [0.25, 0.3) is 0 Å². The normalized spacial score (nSPS) is 24.2. The molecule has 0 aromatic heterocycles. The molecule has 0 amide bonds. The number of sulfonamides is 1. The van der Waals surface area contributed by atoms with Crippen molar-refractivity contribution in [2.45, 2.75) is 53.4 Å². The van der Waals surface area contributed by atoms with E-state index in [-0.39, 0.29) is 5.41 Å². The van der Waals surface area contributed by atoms with Crippen LogP contribution < -0.4 is 5.32 Å². The topological polar surface area (TPSA) is 49.4 Å². The summed E-state index contributed by atoms with van der Waals surface area (Å²) in [6.07, 6.45) is 5.74. The molecule has 0 aromatic carbocycles. The molecule has 126 valence electrons. The molecule has 1 saturated heterocycles. The van der Waals surface area contributed by atoms with E-state index < -0.39 is 10.0 Å². The highest BCUT2D eigenvalue weighted by Gasteiger charge is 2.34. The molecule has 1 heterocycles. The average Bonchev–Trinajstić information content (AvgIpc) is 2.38. The fraction of sp³-hybridized carbons (Fsp3) is 1.00. The van der Waals surface area contributed by atoms with E-state index in [2.05, 4.69) is 33.0 Å². The zero-order valence-corrected chi connectivity index (χ0v) is 15.3. The minimum atomic E-state index is -3.04. The van der Waals surface area contributed by atoms with Gasteiger partial charge in [0.25, 0.3) is 0 Å². The fourth-order valence-electron chi connectivity index (χ4n) is 3.22. The molecule has 1 aliphatic rings. The lowest BCUT2D eigenvalue weighted by atomic mass is 9.71. The van der Waals surface area contributed by atoms with Crippen molar-refractivity contribution in [3.63, 3.8) is 0 Å². The van der Waals surface area contributed by atoms with Gasteiger partial charge in [0, 0.05) is 19.6 Å². The lowest BCUT2D eigenvalue weighted by molar-refractivity contribution is 0.127. The third kappa shape index (κ3) is 5.87.